The molecule has 2 aromatic heterocycles. The van der Waals surface area contributed by atoms with E-state index in [1.54, 1.807) is 30.6 Å². The van der Waals surface area contributed by atoms with Gasteiger partial charge in [-0.15, -0.1) is 0 Å². The summed E-state index contributed by atoms with van der Waals surface area (Å²) in [4.78, 5) is 8.23. The number of ether oxygens (including phenoxy) is 1. The molecule has 0 fully saturated rings. The van der Waals surface area contributed by atoms with Crippen molar-refractivity contribution in [2.24, 2.45) is 5.73 Å². The van der Waals surface area contributed by atoms with Crippen LogP contribution in [0.2, 0.25) is 5.02 Å². The van der Waals surface area contributed by atoms with Crippen LogP contribution in [0.4, 0.5) is 0 Å². The molecular weight excluding hydrogens is 258 g/mol. The molecule has 0 radical (unpaired) electrons. The first kappa shape index (κ1) is 11.8. The number of nitrogens with two attached hydrogens (primary N) is 1. The zero-order valence-electron chi connectivity index (χ0n) is 8.63. The van der Waals surface area contributed by atoms with Gasteiger partial charge in [-0.25, -0.2) is 4.98 Å². The van der Waals surface area contributed by atoms with Gasteiger partial charge in [0.15, 0.2) is 0 Å². The predicted octanol–water partition coefficient (Wildman–Crippen LogP) is 2.56. The molecule has 2 heterocycles. The molecule has 6 heteroatoms. The summed E-state index contributed by atoms with van der Waals surface area (Å²) in [6.07, 6.45) is 4.63. The summed E-state index contributed by atoms with van der Waals surface area (Å²) in [5, 5.41) is 0.494. The molecule has 0 spiro atoms. The first-order valence-corrected chi connectivity index (χ1v) is 5.48. The molecule has 86 valence electrons. The van der Waals surface area contributed by atoms with Gasteiger partial charge in [-0.2, -0.15) is 0 Å². The molecule has 17 heavy (non-hydrogen) atoms. The van der Waals surface area contributed by atoms with Crippen LogP contribution in [0, 0.1) is 0 Å². The molecule has 0 aliphatic carbocycles. The topological polar surface area (TPSA) is 61.0 Å². The van der Waals surface area contributed by atoms with Crippen LogP contribution in [-0.4, -0.2) is 15.0 Å². The predicted molar refractivity (Wildman–Crippen MR) is 69.4 cm³/mol. The summed E-state index contributed by atoms with van der Waals surface area (Å²) >= 11 is 10.7. The van der Waals surface area contributed by atoms with Gasteiger partial charge in [0, 0.05) is 30.1 Å². The van der Waals surface area contributed by atoms with Crippen molar-refractivity contribution >= 4 is 28.8 Å². The highest BCUT2D eigenvalue weighted by atomic mass is 35.5. The van der Waals surface area contributed by atoms with E-state index in [1.165, 1.54) is 6.20 Å². The first-order valence-electron chi connectivity index (χ1n) is 4.69. The van der Waals surface area contributed by atoms with E-state index >= 15 is 0 Å². The molecule has 4 nitrogen and oxygen atoms in total. The number of aromatic nitrogens is 2. The van der Waals surface area contributed by atoms with Gasteiger partial charge < -0.3 is 10.5 Å². The molecule has 0 saturated carbocycles. The Kier molecular flexibility index (Phi) is 3.51. The van der Waals surface area contributed by atoms with E-state index in [2.05, 4.69) is 9.97 Å². The SMILES string of the molecule is NC(=S)c1ccnc(Oc2cncc(Cl)c2)c1. The molecule has 0 bridgehead atoms. The largest absolute Gasteiger partial charge is 0.437 e. The molecule has 2 aromatic rings. The summed E-state index contributed by atoms with van der Waals surface area (Å²) < 4.78 is 5.48. The van der Waals surface area contributed by atoms with Crippen LogP contribution in [0.25, 0.3) is 0 Å². The maximum atomic E-state index is 5.79. The van der Waals surface area contributed by atoms with Crippen LogP contribution in [0.3, 0.4) is 0 Å². The van der Waals surface area contributed by atoms with E-state index in [0.717, 1.165) is 0 Å². The van der Waals surface area contributed by atoms with Crippen molar-refractivity contribution in [3.05, 3.63) is 47.4 Å². The lowest BCUT2D eigenvalue weighted by Crippen LogP contribution is -2.09. The molecule has 0 aliphatic rings. The Morgan fingerprint density at radius 1 is 1.35 bits per heavy atom. The Bertz CT molecular complexity index is 562. The lowest BCUT2D eigenvalue weighted by Gasteiger charge is -2.05. The molecule has 0 aromatic carbocycles. The van der Waals surface area contributed by atoms with Crippen LogP contribution >= 0.6 is 23.8 Å². The second kappa shape index (κ2) is 5.07. The van der Waals surface area contributed by atoms with E-state index in [0.29, 0.717) is 27.2 Å². The maximum absolute atomic E-state index is 5.79. The quantitative estimate of drug-likeness (QED) is 0.865. The van der Waals surface area contributed by atoms with Crippen molar-refractivity contribution in [1.29, 1.82) is 0 Å². The molecule has 0 atom stereocenters. The van der Waals surface area contributed by atoms with Gasteiger partial charge in [0.05, 0.1) is 11.2 Å². The Hall–Kier alpha value is -1.72. The van der Waals surface area contributed by atoms with Gasteiger partial charge in [-0.3, -0.25) is 4.98 Å². The van der Waals surface area contributed by atoms with E-state index in [4.69, 9.17) is 34.3 Å². The zero-order chi connectivity index (χ0) is 12.3. The molecular formula is C11H8ClN3OS. The highest BCUT2D eigenvalue weighted by Crippen LogP contribution is 2.21. The average Bonchev–Trinajstić information content (AvgIpc) is 2.29. The molecule has 0 amide bonds. The lowest BCUT2D eigenvalue weighted by atomic mass is 10.3. The van der Waals surface area contributed by atoms with Crippen LogP contribution in [0.15, 0.2) is 36.8 Å². The minimum Gasteiger partial charge on any atom is -0.437 e. The molecule has 0 saturated heterocycles. The van der Waals surface area contributed by atoms with E-state index < -0.39 is 0 Å². The lowest BCUT2D eigenvalue weighted by molar-refractivity contribution is 0.461. The van der Waals surface area contributed by atoms with Gasteiger partial charge in [-0.05, 0) is 6.07 Å². The first-order chi connectivity index (χ1) is 8.15. The minimum atomic E-state index is 0.293. The number of pyridine rings is 2. The summed E-state index contributed by atoms with van der Waals surface area (Å²) in [5.41, 5.74) is 6.21. The van der Waals surface area contributed by atoms with Gasteiger partial charge >= 0.3 is 0 Å². The van der Waals surface area contributed by atoms with Crippen molar-refractivity contribution in [3.8, 4) is 11.6 Å². The second-order valence-electron chi connectivity index (χ2n) is 3.19. The standard InChI is InChI=1S/C11H8ClN3OS/c12-8-4-9(6-14-5-8)16-10-3-7(11(13)17)1-2-15-10/h1-6H,(H2,13,17). The Balaban J connectivity index is 2.24. The van der Waals surface area contributed by atoms with E-state index in [9.17, 15) is 0 Å². The normalized spacial score (nSPS) is 9.94. The highest BCUT2D eigenvalue weighted by molar-refractivity contribution is 7.80. The van der Waals surface area contributed by atoms with Crippen molar-refractivity contribution in [3.63, 3.8) is 0 Å². The number of halogens is 1. The molecule has 0 unspecified atom stereocenters. The summed E-state index contributed by atoms with van der Waals surface area (Å²) in [6.45, 7) is 0. The highest BCUT2D eigenvalue weighted by Gasteiger charge is 2.03. The number of thiocarbonyl (C=S) groups is 1. The van der Waals surface area contributed by atoms with Crippen LogP contribution in [0.1, 0.15) is 5.56 Å². The monoisotopic (exact) mass is 265 g/mol. The second-order valence-corrected chi connectivity index (χ2v) is 4.06. The van der Waals surface area contributed by atoms with Crippen LogP contribution in [-0.2, 0) is 0 Å². The third-order valence-electron chi connectivity index (χ3n) is 1.92. The smallest absolute Gasteiger partial charge is 0.219 e. The summed E-state index contributed by atoms with van der Waals surface area (Å²) in [7, 11) is 0. The average molecular weight is 266 g/mol. The van der Waals surface area contributed by atoms with Gasteiger partial charge in [0.1, 0.15) is 10.7 Å². The third kappa shape index (κ3) is 3.12. The fourth-order valence-electron chi connectivity index (χ4n) is 1.19. The van der Waals surface area contributed by atoms with Crippen LogP contribution < -0.4 is 10.5 Å². The Morgan fingerprint density at radius 2 is 2.18 bits per heavy atom. The zero-order valence-corrected chi connectivity index (χ0v) is 10.2. The van der Waals surface area contributed by atoms with Crippen molar-refractivity contribution in [2.45, 2.75) is 0 Å². The fraction of sp³-hybridized carbons (Fsp3) is 0. The molecule has 0 aliphatic heterocycles. The Labute approximate surface area is 108 Å². The third-order valence-corrected chi connectivity index (χ3v) is 2.36. The van der Waals surface area contributed by atoms with Crippen molar-refractivity contribution < 1.29 is 4.74 Å². The fourth-order valence-corrected chi connectivity index (χ4v) is 1.48. The van der Waals surface area contributed by atoms with Gasteiger partial charge in [-0.1, -0.05) is 23.8 Å². The summed E-state index contributed by atoms with van der Waals surface area (Å²) in [5.74, 6) is 0.893. The molecule has 2 N–H and O–H groups in total. The maximum Gasteiger partial charge on any atom is 0.219 e. The number of nitrogens with zero attached hydrogens (tertiary/aromatic N) is 2. The number of hydrogen-bond acceptors (Lipinski definition) is 4. The van der Waals surface area contributed by atoms with Gasteiger partial charge in [0.25, 0.3) is 0 Å². The Morgan fingerprint density at radius 3 is 2.88 bits per heavy atom. The van der Waals surface area contributed by atoms with E-state index in [-0.39, 0.29) is 0 Å². The summed E-state index contributed by atoms with van der Waals surface area (Å²) in [6, 6.07) is 5.01. The van der Waals surface area contributed by atoms with E-state index in [1.807, 2.05) is 0 Å². The number of rotatable bonds is 3. The van der Waals surface area contributed by atoms with Gasteiger partial charge in [0.2, 0.25) is 5.88 Å². The number of hydrogen-bond donors (Lipinski definition) is 1. The van der Waals surface area contributed by atoms with Crippen LogP contribution in [0.5, 0.6) is 11.6 Å². The van der Waals surface area contributed by atoms with Crippen molar-refractivity contribution in [1.82, 2.24) is 9.97 Å². The van der Waals surface area contributed by atoms with Crippen molar-refractivity contribution in [2.75, 3.05) is 0 Å². The minimum absolute atomic E-state index is 0.293. The molecule has 2 rings (SSSR count).